The predicted octanol–water partition coefficient (Wildman–Crippen LogP) is 3.01. The molecule has 0 saturated heterocycles. The van der Waals surface area contributed by atoms with E-state index in [4.69, 9.17) is 8.37 Å². The van der Waals surface area contributed by atoms with Gasteiger partial charge in [0.15, 0.2) is 0 Å². The van der Waals surface area contributed by atoms with E-state index in [1.807, 2.05) is 6.92 Å². The molecule has 0 aliphatic heterocycles. The van der Waals surface area contributed by atoms with E-state index in [0.717, 1.165) is 11.1 Å². The van der Waals surface area contributed by atoms with E-state index in [0.29, 0.717) is 0 Å². The molecule has 0 heterocycles. The molecule has 0 atom stereocenters. The first kappa shape index (κ1) is 13.4. The van der Waals surface area contributed by atoms with Crippen molar-refractivity contribution in [3.05, 3.63) is 59.7 Å². The van der Waals surface area contributed by atoms with Gasteiger partial charge in [-0.3, -0.25) is 0 Å². The molecule has 0 aliphatic rings. The van der Waals surface area contributed by atoms with Crippen molar-refractivity contribution >= 4 is 10.4 Å². The molecular formula is C14H14O4S. The first-order valence-corrected chi connectivity index (χ1v) is 7.06. The first-order valence-electron chi connectivity index (χ1n) is 5.72. The molecule has 0 unspecified atom stereocenters. The zero-order valence-corrected chi connectivity index (χ0v) is 11.5. The van der Waals surface area contributed by atoms with E-state index in [9.17, 15) is 8.42 Å². The van der Waals surface area contributed by atoms with E-state index in [1.54, 1.807) is 55.5 Å². The second-order valence-corrected chi connectivity index (χ2v) is 5.30. The van der Waals surface area contributed by atoms with E-state index in [2.05, 4.69) is 0 Å². The lowest BCUT2D eigenvalue weighted by Crippen LogP contribution is -2.16. The second kappa shape index (κ2) is 5.32. The standard InChI is InChI=1S/C14H14O4S/c1-11-7-9-13(10-8-11)17-19(15,16)18-14-6-4-3-5-12(14)2/h3-10H,1-2H3. The van der Waals surface area contributed by atoms with Gasteiger partial charge in [-0.25, -0.2) is 0 Å². The summed E-state index contributed by atoms with van der Waals surface area (Å²) in [5.41, 5.74) is 1.74. The van der Waals surface area contributed by atoms with Crippen LogP contribution < -0.4 is 8.37 Å². The summed E-state index contributed by atoms with van der Waals surface area (Å²) in [4.78, 5) is 0. The molecule has 2 aromatic carbocycles. The van der Waals surface area contributed by atoms with Crippen LogP contribution in [0.3, 0.4) is 0 Å². The molecule has 2 aromatic rings. The zero-order valence-electron chi connectivity index (χ0n) is 10.7. The van der Waals surface area contributed by atoms with E-state index < -0.39 is 10.4 Å². The number of rotatable bonds is 4. The minimum absolute atomic E-state index is 0.221. The van der Waals surface area contributed by atoms with Crippen LogP contribution in [0.4, 0.5) is 0 Å². The van der Waals surface area contributed by atoms with Crippen LogP contribution in [0.1, 0.15) is 11.1 Å². The fraction of sp³-hybridized carbons (Fsp3) is 0.143. The average molecular weight is 278 g/mol. The van der Waals surface area contributed by atoms with E-state index >= 15 is 0 Å². The van der Waals surface area contributed by atoms with Gasteiger partial charge in [-0.1, -0.05) is 35.9 Å². The smallest absolute Gasteiger partial charge is 0.353 e. The van der Waals surface area contributed by atoms with Crippen molar-refractivity contribution in [3.8, 4) is 11.5 Å². The molecule has 19 heavy (non-hydrogen) atoms. The average Bonchev–Trinajstić information content (AvgIpc) is 2.35. The molecular weight excluding hydrogens is 264 g/mol. The zero-order chi connectivity index (χ0) is 13.9. The van der Waals surface area contributed by atoms with Gasteiger partial charge in [-0.2, -0.15) is 0 Å². The highest BCUT2D eigenvalue weighted by Gasteiger charge is 2.16. The number of hydrogen-bond donors (Lipinski definition) is 0. The Kier molecular flexibility index (Phi) is 3.76. The normalized spacial score (nSPS) is 11.1. The lowest BCUT2D eigenvalue weighted by molar-refractivity contribution is 0.391. The summed E-state index contributed by atoms with van der Waals surface area (Å²) >= 11 is 0. The summed E-state index contributed by atoms with van der Waals surface area (Å²) < 4.78 is 33.3. The maximum atomic E-state index is 11.8. The van der Waals surface area contributed by atoms with Crippen LogP contribution in [-0.4, -0.2) is 8.42 Å². The predicted molar refractivity (Wildman–Crippen MR) is 72.5 cm³/mol. The van der Waals surface area contributed by atoms with Crippen LogP contribution in [0.5, 0.6) is 11.5 Å². The van der Waals surface area contributed by atoms with Crippen LogP contribution in [0.25, 0.3) is 0 Å². The fourth-order valence-electron chi connectivity index (χ4n) is 1.49. The quantitative estimate of drug-likeness (QED) is 0.862. The van der Waals surface area contributed by atoms with Crippen LogP contribution in [0, 0.1) is 13.8 Å². The number of hydrogen-bond acceptors (Lipinski definition) is 4. The lowest BCUT2D eigenvalue weighted by atomic mass is 10.2. The number of para-hydroxylation sites is 1. The maximum Gasteiger partial charge on any atom is 0.500 e. The first-order chi connectivity index (χ1) is 8.96. The van der Waals surface area contributed by atoms with Crippen LogP contribution in [0.2, 0.25) is 0 Å². The molecule has 2 rings (SSSR count). The van der Waals surface area contributed by atoms with Crippen molar-refractivity contribution in [3.63, 3.8) is 0 Å². The molecule has 0 saturated carbocycles. The molecule has 0 aromatic heterocycles. The molecule has 100 valence electrons. The minimum atomic E-state index is -4.12. The van der Waals surface area contributed by atoms with Crippen molar-refractivity contribution in [2.24, 2.45) is 0 Å². The third kappa shape index (κ3) is 3.72. The van der Waals surface area contributed by atoms with E-state index in [-0.39, 0.29) is 11.5 Å². The summed E-state index contributed by atoms with van der Waals surface area (Å²) in [6.07, 6.45) is 0. The molecule has 0 aliphatic carbocycles. The lowest BCUT2D eigenvalue weighted by Gasteiger charge is -2.09. The van der Waals surface area contributed by atoms with Gasteiger partial charge >= 0.3 is 10.4 Å². The van der Waals surface area contributed by atoms with Crippen molar-refractivity contribution in [1.82, 2.24) is 0 Å². The van der Waals surface area contributed by atoms with Crippen LogP contribution in [-0.2, 0) is 10.4 Å². The molecule has 0 bridgehead atoms. The fourth-order valence-corrected chi connectivity index (χ4v) is 2.28. The largest absolute Gasteiger partial charge is 0.500 e. The van der Waals surface area contributed by atoms with Crippen LogP contribution in [0.15, 0.2) is 48.5 Å². The summed E-state index contributed by atoms with van der Waals surface area (Å²) in [5.74, 6) is 0.480. The Morgan fingerprint density at radius 2 is 1.47 bits per heavy atom. The SMILES string of the molecule is Cc1ccc(OS(=O)(=O)Oc2ccccc2C)cc1. The van der Waals surface area contributed by atoms with Gasteiger partial charge in [0.2, 0.25) is 0 Å². The van der Waals surface area contributed by atoms with Gasteiger partial charge in [-0.05, 0) is 37.6 Å². The van der Waals surface area contributed by atoms with Gasteiger partial charge in [0.25, 0.3) is 0 Å². The Labute approximate surface area is 112 Å². The molecule has 0 radical (unpaired) electrons. The highest BCUT2D eigenvalue weighted by atomic mass is 32.3. The topological polar surface area (TPSA) is 52.6 Å². The molecule has 5 heteroatoms. The van der Waals surface area contributed by atoms with Crippen molar-refractivity contribution in [1.29, 1.82) is 0 Å². The summed E-state index contributed by atoms with van der Waals surface area (Å²) in [7, 11) is -4.12. The highest BCUT2D eigenvalue weighted by Crippen LogP contribution is 2.20. The van der Waals surface area contributed by atoms with Gasteiger partial charge in [0.1, 0.15) is 11.5 Å². The van der Waals surface area contributed by atoms with E-state index in [1.165, 1.54) is 0 Å². The van der Waals surface area contributed by atoms with Crippen LogP contribution >= 0.6 is 0 Å². The molecule has 0 fully saturated rings. The van der Waals surface area contributed by atoms with Crippen molar-refractivity contribution < 1.29 is 16.8 Å². The number of benzene rings is 2. The summed E-state index contributed by atoms with van der Waals surface area (Å²) in [6.45, 7) is 3.67. The Hall–Kier alpha value is -2.01. The molecule has 0 amide bonds. The molecule has 4 nitrogen and oxygen atoms in total. The van der Waals surface area contributed by atoms with Gasteiger partial charge < -0.3 is 8.37 Å². The Bertz CT molecular complexity index is 660. The summed E-state index contributed by atoms with van der Waals surface area (Å²) in [5, 5.41) is 0. The van der Waals surface area contributed by atoms with Gasteiger partial charge in [0.05, 0.1) is 0 Å². The second-order valence-electron chi connectivity index (χ2n) is 4.15. The van der Waals surface area contributed by atoms with Gasteiger partial charge in [-0.15, -0.1) is 8.42 Å². The monoisotopic (exact) mass is 278 g/mol. The molecule has 0 spiro atoms. The highest BCUT2D eigenvalue weighted by molar-refractivity contribution is 7.82. The molecule has 0 N–H and O–H groups in total. The third-order valence-corrected chi connectivity index (χ3v) is 3.28. The third-order valence-electron chi connectivity index (χ3n) is 2.50. The summed E-state index contributed by atoms with van der Waals surface area (Å²) in [6, 6.07) is 13.5. The Morgan fingerprint density at radius 3 is 2.11 bits per heavy atom. The minimum Gasteiger partial charge on any atom is -0.353 e. The maximum absolute atomic E-state index is 11.8. The van der Waals surface area contributed by atoms with Crippen molar-refractivity contribution in [2.45, 2.75) is 13.8 Å². The van der Waals surface area contributed by atoms with Crippen molar-refractivity contribution in [2.75, 3.05) is 0 Å². The van der Waals surface area contributed by atoms with Gasteiger partial charge in [0, 0.05) is 0 Å². The number of aryl methyl sites for hydroxylation is 2. The Balaban J connectivity index is 2.15. The Morgan fingerprint density at radius 1 is 0.842 bits per heavy atom.